The van der Waals surface area contributed by atoms with Crippen LogP contribution in [-0.2, 0) is 4.79 Å². The topological polar surface area (TPSA) is 52.6 Å². The van der Waals surface area contributed by atoms with Gasteiger partial charge in [0.05, 0.1) is 0 Å². The molecule has 0 aromatic heterocycles. The minimum Gasteiger partial charge on any atom is -0.480 e. The van der Waals surface area contributed by atoms with E-state index >= 15 is 0 Å². The second-order valence-corrected chi connectivity index (χ2v) is 4.89. The van der Waals surface area contributed by atoms with Crippen LogP contribution in [0.1, 0.15) is 46.5 Å². The van der Waals surface area contributed by atoms with Crippen molar-refractivity contribution in [1.82, 2.24) is 10.2 Å². The van der Waals surface area contributed by atoms with Gasteiger partial charge in [0, 0.05) is 6.04 Å². The Morgan fingerprint density at radius 2 is 2.06 bits per heavy atom. The minimum atomic E-state index is -0.694. The van der Waals surface area contributed by atoms with Crippen LogP contribution in [0.2, 0.25) is 0 Å². The summed E-state index contributed by atoms with van der Waals surface area (Å²) in [4.78, 5) is 13.9. The van der Waals surface area contributed by atoms with Crippen molar-refractivity contribution >= 4 is 5.97 Å². The molecule has 0 heterocycles. The molecule has 0 radical (unpaired) electrons. The fourth-order valence-corrected chi connectivity index (χ4v) is 3.07. The first-order valence-electron chi connectivity index (χ1n) is 6.82. The Balaban J connectivity index is 2.77. The molecule has 0 aromatic rings. The Hall–Kier alpha value is -0.610. The van der Waals surface area contributed by atoms with Gasteiger partial charge in [-0.1, -0.05) is 20.8 Å². The van der Waals surface area contributed by atoms with E-state index < -0.39 is 11.5 Å². The zero-order valence-corrected chi connectivity index (χ0v) is 11.3. The molecule has 1 aliphatic carbocycles. The van der Waals surface area contributed by atoms with Gasteiger partial charge in [0.1, 0.15) is 5.54 Å². The molecule has 4 nitrogen and oxygen atoms in total. The molecule has 1 fully saturated rings. The average Bonchev–Trinajstić information content (AvgIpc) is 2.31. The van der Waals surface area contributed by atoms with Gasteiger partial charge in [-0.05, 0) is 45.3 Å². The molecule has 1 aliphatic rings. The molecule has 0 aromatic carbocycles. The number of aliphatic carboxylic acids is 1. The highest BCUT2D eigenvalue weighted by atomic mass is 16.4. The lowest BCUT2D eigenvalue weighted by Gasteiger charge is -2.42. The summed E-state index contributed by atoms with van der Waals surface area (Å²) >= 11 is 0. The molecule has 2 N–H and O–H groups in total. The summed E-state index contributed by atoms with van der Waals surface area (Å²) in [6, 6.07) is 0.411. The van der Waals surface area contributed by atoms with Gasteiger partial charge in [0.2, 0.25) is 0 Å². The van der Waals surface area contributed by atoms with E-state index in [9.17, 15) is 9.90 Å². The highest BCUT2D eigenvalue weighted by Crippen LogP contribution is 2.31. The van der Waals surface area contributed by atoms with Crippen molar-refractivity contribution in [2.45, 2.75) is 58.0 Å². The fourth-order valence-electron chi connectivity index (χ4n) is 3.07. The van der Waals surface area contributed by atoms with Crippen LogP contribution in [0.4, 0.5) is 0 Å². The maximum absolute atomic E-state index is 11.5. The predicted octanol–water partition coefficient (Wildman–Crippen LogP) is 1.70. The van der Waals surface area contributed by atoms with Crippen molar-refractivity contribution in [3.63, 3.8) is 0 Å². The van der Waals surface area contributed by atoms with Crippen LogP contribution < -0.4 is 5.32 Å². The molecule has 2 atom stereocenters. The third-order valence-electron chi connectivity index (χ3n) is 3.98. The van der Waals surface area contributed by atoms with E-state index in [-0.39, 0.29) is 0 Å². The van der Waals surface area contributed by atoms with Crippen molar-refractivity contribution in [3.8, 4) is 0 Å². The van der Waals surface area contributed by atoms with E-state index in [2.05, 4.69) is 24.1 Å². The Morgan fingerprint density at radius 1 is 1.41 bits per heavy atom. The molecular formula is C13H26N2O2. The maximum atomic E-state index is 11.5. The van der Waals surface area contributed by atoms with Gasteiger partial charge in [0.15, 0.2) is 0 Å². The normalized spacial score (nSPS) is 29.5. The van der Waals surface area contributed by atoms with Gasteiger partial charge in [-0.3, -0.25) is 4.79 Å². The minimum absolute atomic E-state index is 0.411. The van der Waals surface area contributed by atoms with E-state index in [1.165, 1.54) is 0 Å². The Morgan fingerprint density at radius 3 is 2.53 bits per heavy atom. The first-order chi connectivity index (χ1) is 8.09. The van der Waals surface area contributed by atoms with Crippen LogP contribution in [0.15, 0.2) is 0 Å². The quantitative estimate of drug-likeness (QED) is 0.744. The Kier molecular flexibility index (Phi) is 5.40. The summed E-state index contributed by atoms with van der Waals surface area (Å²) in [6.45, 7) is 9.00. The number of carboxylic acid groups (broad SMARTS) is 1. The number of hydrogen-bond donors (Lipinski definition) is 2. The third kappa shape index (κ3) is 3.19. The molecule has 0 spiro atoms. The van der Waals surface area contributed by atoms with Crippen molar-refractivity contribution in [3.05, 3.63) is 0 Å². The largest absolute Gasteiger partial charge is 0.480 e. The van der Waals surface area contributed by atoms with Gasteiger partial charge >= 0.3 is 5.97 Å². The molecule has 2 unspecified atom stereocenters. The molecule has 1 rings (SSSR count). The first-order valence-corrected chi connectivity index (χ1v) is 6.82. The number of rotatable bonds is 6. The van der Waals surface area contributed by atoms with Crippen LogP contribution in [0.25, 0.3) is 0 Å². The van der Waals surface area contributed by atoms with E-state index in [4.69, 9.17) is 0 Å². The second kappa shape index (κ2) is 6.36. The lowest BCUT2D eigenvalue weighted by atomic mass is 9.78. The van der Waals surface area contributed by atoms with E-state index in [1.54, 1.807) is 0 Å². The molecule has 0 saturated heterocycles. The van der Waals surface area contributed by atoms with Gasteiger partial charge in [-0.25, -0.2) is 0 Å². The smallest absolute Gasteiger partial charge is 0.323 e. The summed E-state index contributed by atoms with van der Waals surface area (Å²) in [7, 11) is 0. The standard InChI is InChI=1S/C13H26N2O2/c1-4-14-13(12(16)17)9-7-8-11(10-13)15(5-2)6-3/h11,14H,4-10H2,1-3H3,(H,16,17). The summed E-state index contributed by atoms with van der Waals surface area (Å²) in [5.74, 6) is -0.684. The molecule has 1 saturated carbocycles. The van der Waals surface area contributed by atoms with Crippen LogP contribution in [0, 0.1) is 0 Å². The Labute approximate surface area is 104 Å². The average molecular weight is 242 g/mol. The molecule has 0 amide bonds. The van der Waals surface area contributed by atoms with Gasteiger partial charge in [-0.2, -0.15) is 0 Å². The number of carbonyl (C=O) groups is 1. The van der Waals surface area contributed by atoms with Crippen LogP contribution in [0.3, 0.4) is 0 Å². The summed E-state index contributed by atoms with van der Waals surface area (Å²) < 4.78 is 0. The maximum Gasteiger partial charge on any atom is 0.323 e. The van der Waals surface area contributed by atoms with E-state index in [0.717, 1.165) is 45.3 Å². The number of nitrogens with zero attached hydrogens (tertiary/aromatic N) is 1. The fraction of sp³-hybridized carbons (Fsp3) is 0.923. The monoisotopic (exact) mass is 242 g/mol. The van der Waals surface area contributed by atoms with Crippen molar-refractivity contribution in [2.75, 3.05) is 19.6 Å². The van der Waals surface area contributed by atoms with Crippen LogP contribution in [-0.4, -0.2) is 47.2 Å². The zero-order valence-electron chi connectivity index (χ0n) is 11.3. The first kappa shape index (κ1) is 14.5. The number of likely N-dealkylation sites (N-methyl/N-ethyl adjacent to an activating group) is 1. The lowest BCUT2D eigenvalue weighted by Crippen LogP contribution is -2.58. The third-order valence-corrected chi connectivity index (χ3v) is 3.98. The molecule has 100 valence electrons. The van der Waals surface area contributed by atoms with Gasteiger partial charge < -0.3 is 15.3 Å². The zero-order chi connectivity index (χ0) is 12.9. The second-order valence-electron chi connectivity index (χ2n) is 4.89. The summed E-state index contributed by atoms with van der Waals surface area (Å²) in [5.41, 5.74) is -0.694. The SMILES string of the molecule is CCNC1(C(=O)O)CCCC(N(CC)CC)C1. The number of hydrogen-bond acceptors (Lipinski definition) is 3. The lowest BCUT2D eigenvalue weighted by molar-refractivity contribution is -0.147. The highest BCUT2D eigenvalue weighted by Gasteiger charge is 2.43. The number of carboxylic acids is 1. The van der Waals surface area contributed by atoms with Crippen molar-refractivity contribution in [2.24, 2.45) is 0 Å². The molecule has 0 bridgehead atoms. The predicted molar refractivity (Wildman–Crippen MR) is 69.2 cm³/mol. The molecule has 17 heavy (non-hydrogen) atoms. The Bertz CT molecular complexity index is 250. The summed E-state index contributed by atoms with van der Waals surface area (Å²) in [5, 5.41) is 12.7. The molecule has 4 heteroatoms. The van der Waals surface area contributed by atoms with E-state index in [1.807, 2.05) is 6.92 Å². The van der Waals surface area contributed by atoms with Gasteiger partial charge in [0.25, 0.3) is 0 Å². The van der Waals surface area contributed by atoms with Crippen LogP contribution in [0.5, 0.6) is 0 Å². The van der Waals surface area contributed by atoms with Crippen molar-refractivity contribution in [1.29, 1.82) is 0 Å². The summed E-state index contributed by atoms with van der Waals surface area (Å²) in [6.07, 6.45) is 3.62. The highest BCUT2D eigenvalue weighted by molar-refractivity contribution is 5.79. The molecular weight excluding hydrogens is 216 g/mol. The van der Waals surface area contributed by atoms with E-state index in [0.29, 0.717) is 6.04 Å². The van der Waals surface area contributed by atoms with Gasteiger partial charge in [-0.15, -0.1) is 0 Å². The number of nitrogens with one attached hydrogen (secondary N) is 1. The molecule has 0 aliphatic heterocycles. The van der Waals surface area contributed by atoms with Crippen molar-refractivity contribution < 1.29 is 9.90 Å². The van der Waals surface area contributed by atoms with Crippen LogP contribution >= 0.6 is 0 Å².